The summed E-state index contributed by atoms with van der Waals surface area (Å²) in [6.45, 7) is 6.36. The van der Waals surface area contributed by atoms with Gasteiger partial charge in [0.25, 0.3) is 0 Å². The van der Waals surface area contributed by atoms with Gasteiger partial charge >= 0.3 is 13.7 Å². The molecular weight excluding hydrogens is 750 g/mol. The summed E-state index contributed by atoms with van der Waals surface area (Å²) in [6.07, 6.45) is -3.75. The maximum Gasteiger partial charge on any atom is 0.457 e. The minimum Gasteiger partial charge on any atom is -0.487 e. The van der Waals surface area contributed by atoms with Gasteiger partial charge < -0.3 is 44.3 Å². The number of nitrogens with zero attached hydrogens (tertiary/aromatic N) is 4. The number of esters is 1. The van der Waals surface area contributed by atoms with Crippen LogP contribution in [0.5, 0.6) is 17.4 Å². The lowest BCUT2D eigenvalue weighted by Crippen LogP contribution is -2.45. The molecule has 2 aromatic heterocycles. The highest BCUT2D eigenvalue weighted by atomic mass is 127. The maximum atomic E-state index is 13.2. The van der Waals surface area contributed by atoms with Crippen molar-refractivity contribution in [3.63, 3.8) is 0 Å². The number of halogens is 1. The van der Waals surface area contributed by atoms with E-state index >= 15 is 0 Å². The molecule has 1 saturated heterocycles. The number of aliphatic hydroxyl groups is 2. The molecule has 1 aliphatic heterocycles. The van der Waals surface area contributed by atoms with Gasteiger partial charge in [0.2, 0.25) is 11.8 Å². The minimum absolute atomic E-state index is 0.0432. The van der Waals surface area contributed by atoms with Crippen LogP contribution in [0.3, 0.4) is 0 Å². The van der Waals surface area contributed by atoms with E-state index in [1.807, 2.05) is 36.4 Å². The van der Waals surface area contributed by atoms with Crippen molar-refractivity contribution in [1.29, 1.82) is 0 Å². The Labute approximate surface area is 283 Å². The fourth-order valence-electron chi connectivity index (χ4n) is 5.07. The molecule has 47 heavy (non-hydrogen) atoms. The van der Waals surface area contributed by atoms with Gasteiger partial charge in [-0.3, -0.25) is 9.36 Å². The average molecular weight is 787 g/mol. The molecule has 0 aliphatic carbocycles. The molecule has 2 aromatic carbocycles. The van der Waals surface area contributed by atoms with Crippen LogP contribution in [-0.2, 0) is 18.8 Å². The number of imidazole rings is 1. The molecule has 3 heterocycles. The van der Waals surface area contributed by atoms with Gasteiger partial charge in [0.1, 0.15) is 30.5 Å². The summed E-state index contributed by atoms with van der Waals surface area (Å²) in [5, 5.41) is 26.1. The van der Waals surface area contributed by atoms with Crippen molar-refractivity contribution in [1.82, 2.24) is 24.6 Å². The van der Waals surface area contributed by atoms with Crippen molar-refractivity contribution in [2.45, 2.75) is 57.8 Å². The van der Waals surface area contributed by atoms with E-state index in [0.717, 1.165) is 0 Å². The van der Waals surface area contributed by atoms with Crippen molar-refractivity contribution >= 4 is 64.2 Å². The van der Waals surface area contributed by atoms with E-state index in [2.05, 4.69) is 20.0 Å². The van der Waals surface area contributed by atoms with E-state index < -0.39 is 43.8 Å². The Hall–Kier alpha value is -3.32. The molecule has 0 saturated carbocycles. The first kappa shape index (κ1) is 35.0. The van der Waals surface area contributed by atoms with Gasteiger partial charge in [-0.15, -0.1) is 0 Å². The second-order valence-corrected chi connectivity index (χ2v) is 14.1. The Morgan fingerprint density at radius 2 is 1.94 bits per heavy atom. The van der Waals surface area contributed by atoms with Crippen molar-refractivity contribution < 1.29 is 47.9 Å². The Morgan fingerprint density at radius 1 is 1.21 bits per heavy atom. The lowest BCUT2D eigenvalue weighted by Gasteiger charge is -2.27. The van der Waals surface area contributed by atoms with Gasteiger partial charge in [0, 0.05) is 28.0 Å². The smallest absolute Gasteiger partial charge is 0.457 e. The quantitative estimate of drug-likeness (QED) is 0.0603. The third-order valence-corrected chi connectivity index (χ3v) is 9.30. The Morgan fingerprint density at radius 3 is 2.64 bits per heavy atom. The van der Waals surface area contributed by atoms with Gasteiger partial charge in [-0.1, -0.05) is 44.2 Å². The van der Waals surface area contributed by atoms with Crippen LogP contribution in [0.25, 0.3) is 21.9 Å². The molecule has 16 nitrogen and oxygen atoms in total. The van der Waals surface area contributed by atoms with E-state index in [1.165, 1.54) is 31.6 Å². The zero-order valence-electron chi connectivity index (χ0n) is 26.2. The van der Waals surface area contributed by atoms with E-state index in [4.69, 9.17) is 29.2 Å². The fraction of sp³-hybridized carbons (Fsp3) is 0.448. The van der Waals surface area contributed by atoms with Crippen molar-refractivity contribution in [2.24, 2.45) is 5.92 Å². The third-order valence-electron chi connectivity index (χ3n) is 7.40. The highest BCUT2D eigenvalue weighted by Gasteiger charge is 2.54. The van der Waals surface area contributed by atoms with Gasteiger partial charge in [0.05, 0.1) is 13.7 Å². The molecule has 5 rings (SSSR count). The Balaban J connectivity index is 1.40. The summed E-state index contributed by atoms with van der Waals surface area (Å²) in [6, 6.07) is 9.06. The highest BCUT2D eigenvalue weighted by molar-refractivity contribution is 14.1. The molecule has 1 unspecified atom stereocenters. The molecule has 18 heteroatoms. The molecule has 6 atom stereocenters. The SMILES string of the molecule is COc1nc(N)nc2c1nc(I)n2[C@@H]1O[C@H](COc2ccc3ccccc3c2OP(=O)(O)N[C@@H](C)C(=O)OCC(C)C)[C@@H](O)[C@@]1(C)O. The average Bonchev–Trinajstić information content (AvgIpc) is 3.44. The van der Waals surface area contributed by atoms with Crippen molar-refractivity contribution in [3.8, 4) is 17.4 Å². The number of rotatable bonds is 12. The second-order valence-electron chi connectivity index (χ2n) is 11.6. The largest absolute Gasteiger partial charge is 0.487 e. The second kappa shape index (κ2) is 13.7. The molecule has 1 aliphatic rings. The number of benzene rings is 2. The molecule has 0 amide bonds. The fourth-order valence-corrected chi connectivity index (χ4v) is 6.87. The number of nitrogen functional groups attached to an aromatic ring is 1. The predicted molar refractivity (Wildman–Crippen MR) is 178 cm³/mol. The summed E-state index contributed by atoms with van der Waals surface area (Å²) < 4.78 is 43.3. The van der Waals surface area contributed by atoms with E-state index in [-0.39, 0.29) is 53.6 Å². The molecule has 1 fully saturated rings. The standard InChI is InChI=1S/C29H36IN6O10P/c1-14(2)12-44-25(38)15(3)35-47(40,41)46-21-17-9-7-6-8-16(17)10-11-18(21)43-13-19-22(37)29(4,39)26(45-19)36-23-20(32-27(36)30)24(42-5)34-28(31)33-23/h6-11,14-15,19,22,26,37,39H,12-13H2,1-5H3,(H2,31,33,34)(H2,35,40,41)/t15-,19+,22+,26+,29+/m0/s1. The number of anilines is 1. The summed E-state index contributed by atoms with van der Waals surface area (Å²) in [5.74, 6) is -0.641. The van der Waals surface area contributed by atoms with Crippen LogP contribution in [0.4, 0.5) is 5.95 Å². The monoisotopic (exact) mass is 786 g/mol. The number of fused-ring (bicyclic) bond motifs is 2. The van der Waals surface area contributed by atoms with Crippen LogP contribution in [0.15, 0.2) is 36.4 Å². The highest BCUT2D eigenvalue weighted by Crippen LogP contribution is 2.47. The van der Waals surface area contributed by atoms with Gasteiger partial charge in [-0.2, -0.15) is 15.1 Å². The van der Waals surface area contributed by atoms with Gasteiger partial charge in [0.15, 0.2) is 32.7 Å². The number of carbonyl (C=O) groups is 1. The number of ether oxygens (including phenoxy) is 4. The van der Waals surface area contributed by atoms with Crippen LogP contribution in [0.1, 0.15) is 33.9 Å². The Kier molecular flexibility index (Phi) is 10.2. The first-order valence-corrected chi connectivity index (χ1v) is 17.2. The van der Waals surface area contributed by atoms with Crippen LogP contribution in [0.2, 0.25) is 0 Å². The number of methoxy groups -OCH3 is 1. The lowest BCUT2D eigenvalue weighted by molar-refractivity contribution is -0.146. The summed E-state index contributed by atoms with van der Waals surface area (Å²) in [4.78, 5) is 35.9. The number of hydrogen-bond acceptors (Lipinski definition) is 13. The summed E-state index contributed by atoms with van der Waals surface area (Å²) in [5.41, 5.74) is 4.52. The third kappa shape index (κ3) is 7.25. The van der Waals surface area contributed by atoms with Crippen LogP contribution < -0.4 is 24.8 Å². The summed E-state index contributed by atoms with van der Waals surface area (Å²) >= 11 is 1.94. The topological polar surface area (TPSA) is 223 Å². The van der Waals surface area contributed by atoms with E-state index in [1.54, 1.807) is 30.3 Å². The first-order valence-electron chi connectivity index (χ1n) is 14.5. The predicted octanol–water partition coefficient (Wildman–Crippen LogP) is 2.92. The minimum atomic E-state index is -4.66. The molecule has 6 N–H and O–H groups in total. The van der Waals surface area contributed by atoms with Crippen molar-refractivity contribution in [3.05, 3.63) is 40.2 Å². The lowest BCUT2D eigenvalue weighted by atomic mass is 9.96. The number of aliphatic hydroxyl groups excluding tert-OH is 1. The normalized spacial score (nSPS) is 23.1. The maximum absolute atomic E-state index is 13.2. The number of aromatic nitrogens is 4. The van der Waals surface area contributed by atoms with Crippen LogP contribution in [0, 0.1) is 9.75 Å². The molecule has 254 valence electrons. The zero-order valence-corrected chi connectivity index (χ0v) is 29.2. The zero-order chi connectivity index (χ0) is 34.3. The molecular formula is C29H36IN6O10P. The van der Waals surface area contributed by atoms with E-state index in [9.17, 15) is 24.5 Å². The van der Waals surface area contributed by atoms with Crippen LogP contribution in [-0.4, -0.2) is 84.8 Å². The van der Waals surface area contributed by atoms with Crippen LogP contribution >= 0.6 is 30.3 Å². The summed E-state index contributed by atoms with van der Waals surface area (Å²) in [7, 11) is -3.25. The first-order chi connectivity index (χ1) is 22.1. The van der Waals surface area contributed by atoms with Gasteiger partial charge in [-0.05, 0) is 31.2 Å². The number of hydrogen-bond donors (Lipinski definition) is 5. The molecule has 4 aromatic rings. The van der Waals surface area contributed by atoms with Crippen molar-refractivity contribution in [2.75, 3.05) is 26.1 Å². The Bertz CT molecular complexity index is 1840. The molecule has 0 bridgehead atoms. The number of carbonyl (C=O) groups excluding carboxylic acids is 1. The molecule has 0 spiro atoms. The van der Waals surface area contributed by atoms with E-state index in [0.29, 0.717) is 14.6 Å². The number of nitrogens with one attached hydrogen (secondary N) is 1. The number of nitrogens with two attached hydrogens (primary N) is 1. The van der Waals surface area contributed by atoms with Gasteiger partial charge in [-0.25, -0.2) is 9.55 Å². The molecule has 0 radical (unpaired) electrons.